The van der Waals surface area contributed by atoms with Crippen molar-refractivity contribution in [3.8, 4) is 11.5 Å². The van der Waals surface area contributed by atoms with Gasteiger partial charge in [0.2, 0.25) is 0 Å². The summed E-state index contributed by atoms with van der Waals surface area (Å²) in [6, 6.07) is 10.4. The van der Waals surface area contributed by atoms with Gasteiger partial charge in [0.15, 0.2) is 17.5 Å². The van der Waals surface area contributed by atoms with Crippen LogP contribution in [-0.4, -0.2) is 52.3 Å². The molecular weight excluding hydrogens is 346 g/mol. The normalized spacial score (nSPS) is 11.3. The number of ether oxygens (including phenoxy) is 2. The van der Waals surface area contributed by atoms with Crippen LogP contribution >= 0.6 is 11.3 Å². The molecule has 0 bridgehead atoms. The average molecular weight is 376 g/mol. The third-order valence-corrected chi connectivity index (χ3v) is 5.16. The van der Waals surface area contributed by atoms with Gasteiger partial charge in [-0.2, -0.15) is 0 Å². The minimum Gasteiger partial charge on any atom is -0.493 e. The molecule has 1 N–H and O–H groups in total. The number of nitrogens with one attached hydrogen (secondary N) is 1. The molecule has 0 saturated carbocycles. The lowest BCUT2D eigenvalue weighted by molar-refractivity contribution is 0.354. The molecule has 1 aromatic heterocycles. The predicted octanol–water partition coefficient (Wildman–Crippen LogP) is 3.45. The Bertz CT molecular complexity index is 686. The van der Waals surface area contributed by atoms with E-state index in [1.807, 2.05) is 19.2 Å². The molecule has 26 heavy (non-hydrogen) atoms. The van der Waals surface area contributed by atoms with Crippen LogP contribution in [0, 0.1) is 0 Å². The number of aliphatic imine (C=N–C) groups is 1. The highest BCUT2D eigenvalue weighted by molar-refractivity contribution is 7.09. The lowest BCUT2D eigenvalue weighted by Gasteiger charge is -2.21. The molecular formula is C20H29N3O2S. The molecule has 0 aliphatic heterocycles. The van der Waals surface area contributed by atoms with E-state index < -0.39 is 0 Å². The van der Waals surface area contributed by atoms with Crippen molar-refractivity contribution in [2.24, 2.45) is 4.99 Å². The lowest BCUT2D eigenvalue weighted by atomic mass is 10.1. The molecule has 2 aromatic rings. The molecule has 0 amide bonds. The summed E-state index contributed by atoms with van der Waals surface area (Å²) in [7, 11) is 7.23. The minimum absolute atomic E-state index is 0.766. The van der Waals surface area contributed by atoms with Gasteiger partial charge >= 0.3 is 0 Å². The Balaban J connectivity index is 1.75. The number of aryl methyl sites for hydroxylation is 1. The Hall–Kier alpha value is -2.21. The Kier molecular flexibility index (Phi) is 8.28. The van der Waals surface area contributed by atoms with Crippen LogP contribution in [0.15, 0.2) is 40.7 Å². The van der Waals surface area contributed by atoms with Gasteiger partial charge in [-0.15, -0.1) is 11.3 Å². The number of hydrogen-bond donors (Lipinski definition) is 1. The maximum absolute atomic E-state index is 5.36. The highest BCUT2D eigenvalue weighted by Gasteiger charge is 2.07. The molecule has 0 aliphatic carbocycles. The van der Waals surface area contributed by atoms with Crippen LogP contribution in [0.2, 0.25) is 0 Å². The third kappa shape index (κ3) is 5.95. The number of rotatable bonds is 9. The first-order chi connectivity index (χ1) is 12.7. The monoisotopic (exact) mass is 375 g/mol. The van der Waals surface area contributed by atoms with E-state index in [1.165, 1.54) is 10.4 Å². The molecule has 142 valence electrons. The average Bonchev–Trinajstić information content (AvgIpc) is 3.19. The fourth-order valence-electron chi connectivity index (χ4n) is 2.75. The fourth-order valence-corrected chi connectivity index (χ4v) is 3.45. The number of benzene rings is 1. The molecule has 5 nitrogen and oxygen atoms in total. The van der Waals surface area contributed by atoms with Crippen LogP contribution in [0.3, 0.4) is 0 Å². The van der Waals surface area contributed by atoms with E-state index in [0.29, 0.717) is 0 Å². The van der Waals surface area contributed by atoms with Crippen molar-refractivity contribution in [1.82, 2.24) is 10.2 Å². The van der Waals surface area contributed by atoms with E-state index in [4.69, 9.17) is 9.47 Å². The molecule has 1 heterocycles. The fraction of sp³-hybridized carbons (Fsp3) is 0.450. The van der Waals surface area contributed by atoms with E-state index in [2.05, 4.69) is 45.8 Å². The van der Waals surface area contributed by atoms with E-state index >= 15 is 0 Å². The number of thiophene rings is 1. The van der Waals surface area contributed by atoms with Gasteiger partial charge in [-0.1, -0.05) is 12.1 Å². The van der Waals surface area contributed by atoms with Gasteiger partial charge in [-0.25, -0.2) is 0 Å². The Labute approximate surface area is 160 Å². The van der Waals surface area contributed by atoms with Gasteiger partial charge in [0, 0.05) is 32.1 Å². The van der Waals surface area contributed by atoms with Crippen molar-refractivity contribution in [3.63, 3.8) is 0 Å². The van der Waals surface area contributed by atoms with Crippen LogP contribution in [0.25, 0.3) is 0 Å². The third-order valence-electron chi connectivity index (χ3n) is 4.22. The second-order valence-corrected chi connectivity index (χ2v) is 7.05. The van der Waals surface area contributed by atoms with Gasteiger partial charge in [0.25, 0.3) is 0 Å². The SMILES string of the molecule is CN=C(NCCCc1ccc(OC)c(OC)c1)N(C)CCc1cccs1. The first-order valence-electron chi connectivity index (χ1n) is 8.83. The van der Waals surface area contributed by atoms with Crippen LogP contribution < -0.4 is 14.8 Å². The van der Waals surface area contributed by atoms with Crippen molar-refractivity contribution in [1.29, 1.82) is 0 Å². The molecule has 0 unspecified atom stereocenters. The standard InChI is InChI=1S/C20H29N3O2S/c1-21-20(23(2)13-11-17-8-6-14-26-17)22-12-5-7-16-9-10-18(24-3)19(15-16)25-4/h6,8-10,14-15H,5,7,11-13H2,1-4H3,(H,21,22). The molecule has 1 aromatic carbocycles. The van der Waals surface area contributed by atoms with E-state index in [0.717, 1.165) is 49.8 Å². The number of nitrogens with zero attached hydrogens (tertiary/aromatic N) is 2. The summed E-state index contributed by atoms with van der Waals surface area (Å²) in [5.41, 5.74) is 1.24. The van der Waals surface area contributed by atoms with Crippen LogP contribution in [0.1, 0.15) is 16.9 Å². The molecule has 0 radical (unpaired) electrons. The summed E-state index contributed by atoms with van der Waals surface area (Å²) in [5, 5.41) is 5.57. The maximum atomic E-state index is 5.36. The lowest BCUT2D eigenvalue weighted by Crippen LogP contribution is -2.40. The zero-order valence-corrected chi connectivity index (χ0v) is 16.9. The van der Waals surface area contributed by atoms with E-state index in [9.17, 15) is 0 Å². The Morgan fingerprint density at radius 2 is 1.96 bits per heavy atom. The van der Waals surface area contributed by atoms with Crippen LogP contribution in [0.5, 0.6) is 11.5 Å². The van der Waals surface area contributed by atoms with Gasteiger partial charge in [0.05, 0.1) is 14.2 Å². The summed E-state index contributed by atoms with van der Waals surface area (Å²) in [4.78, 5) is 7.96. The second kappa shape index (κ2) is 10.7. The zero-order chi connectivity index (χ0) is 18.8. The summed E-state index contributed by atoms with van der Waals surface area (Å²) < 4.78 is 10.6. The van der Waals surface area contributed by atoms with Crippen molar-refractivity contribution in [3.05, 3.63) is 46.2 Å². The molecule has 0 atom stereocenters. The highest BCUT2D eigenvalue weighted by Crippen LogP contribution is 2.27. The smallest absolute Gasteiger partial charge is 0.193 e. The van der Waals surface area contributed by atoms with Crippen LogP contribution in [0.4, 0.5) is 0 Å². The van der Waals surface area contributed by atoms with Crippen LogP contribution in [-0.2, 0) is 12.8 Å². The second-order valence-electron chi connectivity index (χ2n) is 6.02. The van der Waals surface area contributed by atoms with E-state index in [-0.39, 0.29) is 0 Å². The Morgan fingerprint density at radius 1 is 1.15 bits per heavy atom. The molecule has 2 rings (SSSR count). The first-order valence-corrected chi connectivity index (χ1v) is 9.71. The van der Waals surface area contributed by atoms with Crippen molar-refractivity contribution in [2.45, 2.75) is 19.3 Å². The van der Waals surface area contributed by atoms with Gasteiger partial charge < -0.3 is 19.7 Å². The summed E-state index contributed by atoms with van der Waals surface area (Å²) in [6.07, 6.45) is 3.04. The Morgan fingerprint density at radius 3 is 2.62 bits per heavy atom. The zero-order valence-electron chi connectivity index (χ0n) is 16.1. The summed E-state index contributed by atoms with van der Waals surface area (Å²) >= 11 is 1.80. The largest absolute Gasteiger partial charge is 0.493 e. The van der Waals surface area contributed by atoms with Gasteiger partial charge in [-0.05, 0) is 48.4 Å². The number of likely N-dealkylation sites (N-methyl/N-ethyl adjacent to an activating group) is 1. The predicted molar refractivity (Wildman–Crippen MR) is 110 cm³/mol. The molecule has 0 aliphatic rings. The van der Waals surface area contributed by atoms with Crippen molar-refractivity contribution in [2.75, 3.05) is 41.4 Å². The highest BCUT2D eigenvalue weighted by atomic mass is 32.1. The quantitative estimate of drug-likeness (QED) is 0.414. The van der Waals surface area contributed by atoms with Crippen molar-refractivity contribution >= 4 is 17.3 Å². The van der Waals surface area contributed by atoms with Crippen molar-refractivity contribution < 1.29 is 9.47 Å². The maximum Gasteiger partial charge on any atom is 0.193 e. The molecule has 0 fully saturated rings. The molecule has 0 spiro atoms. The van der Waals surface area contributed by atoms with Gasteiger partial charge in [0.1, 0.15) is 0 Å². The molecule has 0 saturated heterocycles. The summed E-state index contributed by atoms with van der Waals surface area (Å²) in [6.45, 7) is 1.83. The minimum atomic E-state index is 0.766. The topological polar surface area (TPSA) is 46.1 Å². The van der Waals surface area contributed by atoms with Gasteiger partial charge in [-0.3, -0.25) is 4.99 Å². The number of hydrogen-bond acceptors (Lipinski definition) is 4. The number of guanidine groups is 1. The summed E-state index contributed by atoms with van der Waals surface area (Å²) in [5.74, 6) is 2.48. The van der Waals surface area contributed by atoms with E-state index in [1.54, 1.807) is 25.6 Å². The first kappa shape index (κ1) is 20.1. The number of methoxy groups -OCH3 is 2. The molecule has 6 heteroatoms.